The average molecular weight is 413 g/mol. The molecule has 1 heterocycles. The molecule has 0 radical (unpaired) electrons. The first-order valence-electron chi connectivity index (χ1n) is 8.97. The summed E-state index contributed by atoms with van der Waals surface area (Å²) < 4.78 is 26.4. The molecule has 2 atom stereocenters. The molecule has 1 aromatic carbocycles. The standard InChI is InChI=1S/C20H26F2N2O3S/c1-13-6-11-16(28-13)15-9-7-14(8-10-15)5-4-12-23-19(2,18(25)24-27)20(3,26)17(21)22/h6-11,17,23,26-27H,4-5,12H2,1-3H3,(H,24,25). The van der Waals surface area contributed by atoms with Gasteiger partial charge in [-0.15, -0.1) is 11.3 Å². The number of carbonyl (C=O) groups excluding carboxylic acids is 1. The van der Waals surface area contributed by atoms with Crippen molar-refractivity contribution in [1.29, 1.82) is 0 Å². The Bertz CT molecular complexity index is 793. The van der Waals surface area contributed by atoms with Crippen LogP contribution in [0.4, 0.5) is 8.78 Å². The van der Waals surface area contributed by atoms with E-state index in [1.54, 1.807) is 11.3 Å². The molecule has 1 amide bonds. The van der Waals surface area contributed by atoms with E-state index in [2.05, 4.69) is 24.4 Å². The van der Waals surface area contributed by atoms with Gasteiger partial charge in [0.1, 0.15) is 11.1 Å². The van der Waals surface area contributed by atoms with Crippen molar-refractivity contribution in [1.82, 2.24) is 10.8 Å². The van der Waals surface area contributed by atoms with Crippen molar-refractivity contribution in [2.75, 3.05) is 6.54 Å². The zero-order valence-electron chi connectivity index (χ0n) is 16.1. The fourth-order valence-corrected chi connectivity index (χ4v) is 3.75. The van der Waals surface area contributed by atoms with Crippen LogP contribution in [-0.4, -0.2) is 40.3 Å². The molecular formula is C20H26F2N2O3S. The number of hydroxylamine groups is 1. The predicted molar refractivity (Wildman–Crippen MR) is 106 cm³/mol. The van der Waals surface area contributed by atoms with Crippen LogP contribution in [0.3, 0.4) is 0 Å². The molecule has 28 heavy (non-hydrogen) atoms. The maximum atomic E-state index is 13.2. The van der Waals surface area contributed by atoms with Crippen LogP contribution in [0, 0.1) is 6.92 Å². The number of rotatable bonds is 9. The van der Waals surface area contributed by atoms with Gasteiger partial charge in [-0.05, 0) is 63.4 Å². The van der Waals surface area contributed by atoms with Gasteiger partial charge in [0.25, 0.3) is 12.3 Å². The van der Waals surface area contributed by atoms with E-state index in [1.807, 2.05) is 24.3 Å². The molecule has 0 aliphatic rings. The van der Waals surface area contributed by atoms with Gasteiger partial charge in [-0.1, -0.05) is 24.3 Å². The number of alkyl halides is 2. The van der Waals surface area contributed by atoms with Crippen LogP contribution in [-0.2, 0) is 11.2 Å². The second-order valence-corrected chi connectivity index (χ2v) is 8.44. The Morgan fingerprint density at radius 1 is 1.18 bits per heavy atom. The van der Waals surface area contributed by atoms with Crippen LogP contribution in [0.5, 0.6) is 0 Å². The summed E-state index contributed by atoms with van der Waals surface area (Å²) in [5.74, 6) is -1.12. The first-order valence-corrected chi connectivity index (χ1v) is 9.79. The molecule has 154 valence electrons. The second kappa shape index (κ2) is 9.09. The summed E-state index contributed by atoms with van der Waals surface area (Å²) in [6.45, 7) is 4.28. The van der Waals surface area contributed by atoms with Crippen LogP contribution >= 0.6 is 11.3 Å². The van der Waals surface area contributed by atoms with Crippen LogP contribution in [0.2, 0.25) is 0 Å². The second-order valence-electron chi connectivity index (χ2n) is 7.15. The van der Waals surface area contributed by atoms with Gasteiger partial charge in [-0.2, -0.15) is 0 Å². The van der Waals surface area contributed by atoms with Crippen LogP contribution < -0.4 is 10.8 Å². The van der Waals surface area contributed by atoms with Gasteiger partial charge in [0.05, 0.1) is 0 Å². The van der Waals surface area contributed by atoms with Crippen LogP contribution in [0.15, 0.2) is 36.4 Å². The fraction of sp³-hybridized carbons (Fsp3) is 0.450. The molecule has 0 spiro atoms. The van der Waals surface area contributed by atoms with Gasteiger partial charge in [-0.3, -0.25) is 10.0 Å². The van der Waals surface area contributed by atoms with Crippen LogP contribution in [0.25, 0.3) is 10.4 Å². The van der Waals surface area contributed by atoms with Crippen molar-refractivity contribution in [3.63, 3.8) is 0 Å². The number of nitrogens with one attached hydrogen (secondary N) is 2. The summed E-state index contributed by atoms with van der Waals surface area (Å²) in [6.07, 6.45) is -1.94. The molecule has 2 rings (SSSR count). The zero-order chi connectivity index (χ0) is 20.9. The van der Waals surface area contributed by atoms with Crippen molar-refractivity contribution in [3.8, 4) is 10.4 Å². The highest BCUT2D eigenvalue weighted by Gasteiger charge is 2.54. The highest BCUT2D eigenvalue weighted by molar-refractivity contribution is 7.15. The van der Waals surface area contributed by atoms with Crippen molar-refractivity contribution in [2.45, 2.75) is 51.2 Å². The van der Waals surface area contributed by atoms with E-state index in [0.717, 1.165) is 25.0 Å². The summed E-state index contributed by atoms with van der Waals surface area (Å²) in [7, 11) is 0. The van der Waals surface area contributed by atoms with Gasteiger partial charge < -0.3 is 10.4 Å². The number of hydrogen-bond donors (Lipinski definition) is 4. The Morgan fingerprint density at radius 3 is 2.32 bits per heavy atom. The van der Waals surface area contributed by atoms with Gasteiger partial charge in [0, 0.05) is 9.75 Å². The quantitative estimate of drug-likeness (QED) is 0.289. The Hall–Kier alpha value is -1.87. The molecule has 0 fully saturated rings. The minimum atomic E-state index is -3.17. The summed E-state index contributed by atoms with van der Waals surface area (Å²) in [5, 5.41) is 21.6. The monoisotopic (exact) mass is 412 g/mol. The first-order chi connectivity index (χ1) is 13.1. The largest absolute Gasteiger partial charge is 0.382 e. The smallest absolute Gasteiger partial charge is 0.268 e. The van der Waals surface area contributed by atoms with E-state index in [0.29, 0.717) is 12.8 Å². The number of aryl methyl sites for hydroxylation is 2. The lowest BCUT2D eigenvalue weighted by molar-refractivity contribution is -0.167. The number of thiophene rings is 1. The molecule has 0 aliphatic heterocycles. The topological polar surface area (TPSA) is 81.6 Å². The lowest BCUT2D eigenvalue weighted by Gasteiger charge is -2.40. The average Bonchev–Trinajstić information content (AvgIpc) is 3.10. The number of halogens is 2. The molecule has 0 saturated heterocycles. The van der Waals surface area contributed by atoms with Crippen molar-refractivity contribution < 1.29 is 23.9 Å². The number of hydrogen-bond acceptors (Lipinski definition) is 5. The number of benzene rings is 1. The molecule has 8 heteroatoms. The van der Waals surface area contributed by atoms with E-state index >= 15 is 0 Å². The Labute approximate surface area is 167 Å². The van der Waals surface area contributed by atoms with Crippen LogP contribution in [0.1, 0.15) is 30.7 Å². The predicted octanol–water partition coefficient (Wildman–Crippen LogP) is 3.53. The highest BCUT2D eigenvalue weighted by Crippen LogP contribution is 2.30. The molecule has 4 N–H and O–H groups in total. The van der Waals surface area contributed by atoms with Gasteiger partial charge in [0.2, 0.25) is 0 Å². The summed E-state index contributed by atoms with van der Waals surface area (Å²) in [6, 6.07) is 12.3. The summed E-state index contributed by atoms with van der Waals surface area (Å²) >= 11 is 1.73. The minimum absolute atomic E-state index is 0.207. The normalized spacial score (nSPS) is 15.9. The van der Waals surface area contributed by atoms with Crippen molar-refractivity contribution >= 4 is 17.2 Å². The van der Waals surface area contributed by atoms with Gasteiger partial charge in [0.15, 0.2) is 0 Å². The SMILES string of the molecule is Cc1ccc(-c2ccc(CCCNC(C)(C(=O)NO)C(C)(O)C(F)F)cc2)s1. The molecule has 0 saturated carbocycles. The zero-order valence-corrected chi connectivity index (χ0v) is 16.9. The first kappa shape index (κ1) is 22.4. The van der Waals surface area contributed by atoms with Crippen molar-refractivity contribution in [3.05, 3.63) is 46.8 Å². The molecule has 2 aromatic rings. The summed E-state index contributed by atoms with van der Waals surface area (Å²) in [4.78, 5) is 14.4. The van der Waals surface area contributed by atoms with E-state index < -0.39 is 23.5 Å². The minimum Gasteiger partial charge on any atom is -0.382 e. The lowest BCUT2D eigenvalue weighted by atomic mass is 9.81. The number of aliphatic hydroxyl groups is 1. The maximum absolute atomic E-state index is 13.2. The number of amides is 1. The third-order valence-corrected chi connectivity index (χ3v) is 6.14. The highest BCUT2D eigenvalue weighted by atomic mass is 32.1. The maximum Gasteiger partial charge on any atom is 0.268 e. The third-order valence-electron chi connectivity index (χ3n) is 5.09. The Balaban J connectivity index is 1.95. The molecule has 1 aromatic heterocycles. The van der Waals surface area contributed by atoms with Gasteiger partial charge in [-0.25, -0.2) is 14.3 Å². The lowest BCUT2D eigenvalue weighted by Crippen LogP contribution is -2.70. The van der Waals surface area contributed by atoms with E-state index in [4.69, 9.17) is 5.21 Å². The molecule has 2 unspecified atom stereocenters. The fourth-order valence-electron chi connectivity index (χ4n) is 2.88. The molecular weight excluding hydrogens is 386 g/mol. The summed E-state index contributed by atoms with van der Waals surface area (Å²) in [5.41, 5.74) is -1.13. The van der Waals surface area contributed by atoms with E-state index in [9.17, 15) is 18.7 Å². The molecule has 5 nitrogen and oxygen atoms in total. The van der Waals surface area contributed by atoms with E-state index in [1.165, 1.54) is 15.2 Å². The third kappa shape index (κ3) is 4.75. The molecule has 0 aliphatic carbocycles. The Kier molecular flexibility index (Phi) is 7.28. The van der Waals surface area contributed by atoms with E-state index in [-0.39, 0.29) is 6.54 Å². The molecule has 0 bridgehead atoms. The van der Waals surface area contributed by atoms with Crippen molar-refractivity contribution in [2.24, 2.45) is 0 Å². The number of carbonyl (C=O) groups is 1. The Morgan fingerprint density at radius 2 is 1.82 bits per heavy atom. The van der Waals surface area contributed by atoms with Gasteiger partial charge >= 0.3 is 0 Å².